The number of hydrogen-bond acceptors (Lipinski definition) is 5. The number of anilines is 1. The third-order valence-electron chi connectivity index (χ3n) is 6.28. The van der Waals surface area contributed by atoms with Crippen molar-refractivity contribution < 1.29 is 22.7 Å². The van der Waals surface area contributed by atoms with Crippen molar-refractivity contribution in [3.63, 3.8) is 0 Å². The van der Waals surface area contributed by atoms with Gasteiger partial charge in [-0.15, -0.1) is 0 Å². The first-order chi connectivity index (χ1) is 17.4. The van der Waals surface area contributed by atoms with Gasteiger partial charge in [-0.1, -0.05) is 29.8 Å². The Hall–Kier alpha value is -3.04. The van der Waals surface area contributed by atoms with Gasteiger partial charge in [0.05, 0.1) is 28.2 Å². The molecular formula is C28H31BrN2O5S. The summed E-state index contributed by atoms with van der Waals surface area (Å²) in [6.07, 6.45) is 0.553. The topological polar surface area (TPSA) is 84.9 Å². The second-order valence-electron chi connectivity index (χ2n) is 9.87. The minimum Gasteiger partial charge on any atom is -0.496 e. The molecule has 0 aliphatic carbocycles. The number of nitrogens with one attached hydrogen (secondary N) is 1. The second kappa shape index (κ2) is 10.4. The zero-order valence-corrected chi connectivity index (χ0v) is 23.9. The summed E-state index contributed by atoms with van der Waals surface area (Å²) in [5.41, 5.74) is 2.83. The van der Waals surface area contributed by atoms with E-state index in [-0.39, 0.29) is 17.5 Å². The smallest absolute Gasteiger partial charge is 0.264 e. The van der Waals surface area contributed by atoms with Crippen LogP contribution in [0.1, 0.15) is 43.0 Å². The quantitative estimate of drug-likeness (QED) is 0.384. The van der Waals surface area contributed by atoms with E-state index in [0.29, 0.717) is 22.3 Å². The van der Waals surface area contributed by atoms with Crippen molar-refractivity contribution in [2.75, 3.05) is 18.0 Å². The van der Waals surface area contributed by atoms with E-state index in [1.165, 1.54) is 19.2 Å². The third kappa shape index (κ3) is 5.93. The molecule has 1 aliphatic heterocycles. The van der Waals surface area contributed by atoms with Crippen LogP contribution in [0.5, 0.6) is 11.5 Å². The highest BCUT2D eigenvalue weighted by molar-refractivity contribution is 9.10. The molecule has 1 N–H and O–H groups in total. The molecule has 4 rings (SSSR count). The first-order valence-electron chi connectivity index (χ1n) is 11.9. The van der Waals surface area contributed by atoms with Crippen molar-refractivity contribution >= 4 is 37.5 Å². The van der Waals surface area contributed by atoms with Crippen molar-refractivity contribution in [2.45, 2.75) is 50.7 Å². The van der Waals surface area contributed by atoms with Crippen molar-refractivity contribution in [3.05, 3.63) is 81.8 Å². The molecule has 1 heterocycles. The zero-order valence-electron chi connectivity index (χ0n) is 21.5. The van der Waals surface area contributed by atoms with Gasteiger partial charge in [0.15, 0.2) is 0 Å². The largest absolute Gasteiger partial charge is 0.496 e. The molecule has 0 fully saturated rings. The van der Waals surface area contributed by atoms with Gasteiger partial charge in [-0.3, -0.25) is 9.10 Å². The highest BCUT2D eigenvalue weighted by Crippen LogP contribution is 2.40. The SMILES string of the molecule is COc1ccc(S(=O)(=O)N(CC(=O)NC2CC(C)(C)Oc3cc(C)ccc32)c2ccc(C)cc2)cc1Br. The Kier molecular flexibility index (Phi) is 7.57. The van der Waals surface area contributed by atoms with Crippen LogP contribution in [0.15, 0.2) is 70.0 Å². The number of halogens is 1. The van der Waals surface area contributed by atoms with Crippen LogP contribution in [0.3, 0.4) is 0 Å². The summed E-state index contributed by atoms with van der Waals surface area (Å²) in [7, 11) is -2.57. The molecule has 37 heavy (non-hydrogen) atoms. The van der Waals surface area contributed by atoms with E-state index in [2.05, 4.69) is 21.2 Å². The molecule has 0 spiro atoms. The van der Waals surface area contributed by atoms with E-state index in [0.717, 1.165) is 26.7 Å². The van der Waals surface area contributed by atoms with E-state index in [4.69, 9.17) is 9.47 Å². The van der Waals surface area contributed by atoms with Crippen LogP contribution in [0.25, 0.3) is 0 Å². The number of methoxy groups -OCH3 is 1. The maximum Gasteiger partial charge on any atom is 0.264 e. The van der Waals surface area contributed by atoms with Crippen molar-refractivity contribution in [3.8, 4) is 11.5 Å². The number of amides is 1. The summed E-state index contributed by atoms with van der Waals surface area (Å²) in [5, 5.41) is 3.06. The predicted octanol–water partition coefficient (Wildman–Crippen LogP) is 5.69. The fourth-order valence-electron chi connectivity index (χ4n) is 4.42. The maximum absolute atomic E-state index is 13.8. The number of hydrogen-bond donors (Lipinski definition) is 1. The fraction of sp³-hybridized carbons (Fsp3) is 0.321. The molecule has 1 atom stereocenters. The summed E-state index contributed by atoms with van der Waals surface area (Å²) >= 11 is 3.36. The molecule has 0 saturated carbocycles. The van der Waals surface area contributed by atoms with Crippen LogP contribution in [-0.2, 0) is 14.8 Å². The average molecular weight is 588 g/mol. The lowest BCUT2D eigenvalue weighted by Gasteiger charge is -2.38. The normalized spacial score (nSPS) is 16.3. The van der Waals surface area contributed by atoms with E-state index in [1.54, 1.807) is 18.2 Å². The molecule has 1 amide bonds. The minimum atomic E-state index is -4.08. The minimum absolute atomic E-state index is 0.0431. The first kappa shape index (κ1) is 27.0. The van der Waals surface area contributed by atoms with Gasteiger partial charge in [-0.05, 0) is 85.6 Å². The molecule has 7 nitrogen and oxygen atoms in total. The summed E-state index contributed by atoms with van der Waals surface area (Å²) in [4.78, 5) is 13.5. The highest BCUT2D eigenvalue weighted by Gasteiger charge is 2.35. The molecule has 1 unspecified atom stereocenters. The van der Waals surface area contributed by atoms with Crippen LogP contribution in [0.2, 0.25) is 0 Å². The predicted molar refractivity (Wildman–Crippen MR) is 148 cm³/mol. The Morgan fingerprint density at radius 2 is 1.76 bits per heavy atom. The zero-order chi connectivity index (χ0) is 27.0. The van der Waals surface area contributed by atoms with Gasteiger partial charge < -0.3 is 14.8 Å². The molecule has 0 saturated heterocycles. The number of carbonyl (C=O) groups excluding carboxylic acids is 1. The molecule has 0 bridgehead atoms. The number of benzene rings is 3. The first-order valence-corrected chi connectivity index (χ1v) is 14.1. The number of rotatable bonds is 7. The molecule has 3 aromatic carbocycles. The number of ether oxygens (including phenoxy) is 2. The molecule has 9 heteroatoms. The Bertz CT molecular complexity index is 1420. The van der Waals surface area contributed by atoms with Gasteiger partial charge in [-0.25, -0.2) is 8.42 Å². The molecule has 0 aromatic heterocycles. The lowest BCUT2D eigenvalue weighted by molar-refractivity contribution is -0.120. The monoisotopic (exact) mass is 586 g/mol. The number of carbonyl (C=O) groups is 1. The van der Waals surface area contributed by atoms with Crippen molar-refractivity contribution in [1.29, 1.82) is 0 Å². The van der Waals surface area contributed by atoms with Crippen LogP contribution < -0.4 is 19.1 Å². The Morgan fingerprint density at radius 1 is 1.08 bits per heavy atom. The standard InChI is InChI=1S/C28H31BrN2O5S/c1-18-6-9-20(10-7-18)31(37(33,34)21-11-13-25(35-5)23(29)15-21)17-27(32)30-24-16-28(3,4)36-26-14-19(2)8-12-22(24)26/h6-15,24H,16-17H2,1-5H3,(H,30,32). The van der Waals surface area contributed by atoms with Gasteiger partial charge in [0.25, 0.3) is 10.0 Å². The number of fused-ring (bicyclic) bond motifs is 1. The van der Waals surface area contributed by atoms with E-state index in [9.17, 15) is 13.2 Å². The molecule has 196 valence electrons. The van der Waals surface area contributed by atoms with E-state index < -0.39 is 21.5 Å². The summed E-state index contributed by atoms with van der Waals surface area (Å²) in [6.45, 7) is 7.47. The van der Waals surface area contributed by atoms with Crippen LogP contribution in [0, 0.1) is 13.8 Å². The Labute approximate surface area is 227 Å². The third-order valence-corrected chi connectivity index (χ3v) is 8.67. The van der Waals surface area contributed by atoms with Crippen molar-refractivity contribution in [2.24, 2.45) is 0 Å². The van der Waals surface area contributed by atoms with Gasteiger partial charge in [-0.2, -0.15) is 0 Å². The second-order valence-corrected chi connectivity index (χ2v) is 12.6. The number of aryl methyl sites for hydroxylation is 2. The number of sulfonamides is 1. The molecule has 0 radical (unpaired) electrons. The Morgan fingerprint density at radius 3 is 2.41 bits per heavy atom. The van der Waals surface area contributed by atoms with Crippen LogP contribution in [0.4, 0.5) is 5.69 Å². The molecular weight excluding hydrogens is 556 g/mol. The lowest BCUT2D eigenvalue weighted by Crippen LogP contribution is -2.45. The lowest BCUT2D eigenvalue weighted by atomic mass is 9.89. The summed E-state index contributed by atoms with van der Waals surface area (Å²) in [6, 6.07) is 17.1. The summed E-state index contributed by atoms with van der Waals surface area (Å²) in [5.74, 6) is 0.827. The number of nitrogens with zero attached hydrogens (tertiary/aromatic N) is 1. The molecule has 1 aliphatic rings. The van der Waals surface area contributed by atoms with Gasteiger partial charge in [0, 0.05) is 12.0 Å². The van der Waals surface area contributed by atoms with E-state index in [1.807, 2.05) is 58.0 Å². The van der Waals surface area contributed by atoms with Crippen molar-refractivity contribution in [1.82, 2.24) is 5.32 Å². The Balaban J connectivity index is 1.66. The van der Waals surface area contributed by atoms with Crippen LogP contribution >= 0.6 is 15.9 Å². The van der Waals surface area contributed by atoms with Gasteiger partial charge >= 0.3 is 0 Å². The summed E-state index contributed by atoms with van der Waals surface area (Å²) < 4.78 is 40.6. The maximum atomic E-state index is 13.8. The highest BCUT2D eigenvalue weighted by atomic mass is 79.9. The average Bonchev–Trinajstić information content (AvgIpc) is 2.82. The molecule has 3 aromatic rings. The van der Waals surface area contributed by atoms with Crippen LogP contribution in [-0.4, -0.2) is 33.6 Å². The fourth-order valence-corrected chi connectivity index (χ4v) is 6.56. The van der Waals surface area contributed by atoms with Gasteiger partial charge in [0.2, 0.25) is 5.91 Å². The van der Waals surface area contributed by atoms with E-state index >= 15 is 0 Å². The van der Waals surface area contributed by atoms with Gasteiger partial charge in [0.1, 0.15) is 23.6 Å².